The molecule has 3 aliphatic rings. The minimum absolute atomic E-state index is 0.0388. The van der Waals surface area contributed by atoms with Crippen LogP contribution in [-0.2, 0) is 0 Å². The third kappa shape index (κ3) is 4.14. The van der Waals surface area contributed by atoms with Crippen molar-refractivity contribution in [1.82, 2.24) is 34.5 Å². The Kier molecular flexibility index (Phi) is 5.57. The molecular weight excluding hydrogens is 585 g/mol. The summed E-state index contributed by atoms with van der Waals surface area (Å²) in [5.74, 6) is 0.632. The van der Waals surface area contributed by atoms with Gasteiger partial charge in [0.2, 0.25) is 5.95 Å². The van der Waals surface area contributed by atoms with E-state index in [1.807, 2.05) is 6.07 Å². The Bertz CT molecular complexity index is 2040. The number of anilines is 1. The highest BCUT2D eigenvalue weighted by molar-refractivity contribution is 6.31. The minimum atomic E-state index is -2.79. The fourth-order valence-electron chi connectivity index (χ4n) is 5.97. The van der Waals surface area contributed by atoms with E-state index in [0.29, 0.717) is 51.5 Å². The van der Waals surface area contributed by atoms with E-state index in [-0.39, 0.29) is 23.1 Å². The highest BCUT2D eigenvalue weighted by atomic mass is 35.5. The quantitative estimate of drug-likeness (QED) is 0.267. The average molecular weight is 605 g/mol. The largest absolute Gasteiger partial charge is 0.485 e. The van der Waals surface area contributed by atoms with Gasteiger partial charge in [-0.15, -0.1) is 5.10 Å². The summed E-state index contributed by atoms with van der Waals surface area (Å²) in [6.07, 6.45) is -0.956. The molecule has 3 unspecified atom stereocenters. The molecule has 1 fully saturated rings. The molecule has 0 amide bonds. The molecule has 43 heavy (non-hydrogen) atoms. The summed E-state index contributed by atoms with van der Waals surface area (Å²) in [4.78, 5) is 25.7. The van der Waals surface area contributed by atoms with Crippen molar-refractivity contribution < 1.29 is 17.9 Å². The van der Waals surface area contributed by atoms with Crippen LogP contribution in [0, 0.1) is 11.9 Å². The van der Waals surface area contributed by atoms with Gasteiger partial charge in [0.15, 0.2) is 0 Å². The summed E-state index contributed by atoms with van der Waals surface area (Å²) in [6, 6.07) is 10.8. The smallest absolute Gasteiger partial charge is 0.283 e. The molecular formula is C29H20ClF3N8O2. The van der Waals surface area contributed by atoms with Gasteiger partial charge in [0.25, 0.3) is 12.0 Å². The number of hydrogen-bond donors (Lipinski definition) is 2. The summed E-state index contributed by atoms with van der Waals surface area (Å²) >= 11 is 6.28. The van der Waals surface area contributed by atoms with Crippen LogP contribution in [0.5, 0.6) is 5.75 Å². The van der Waals surface area contributed by atoms with Crippen LogP contribution in [0.15, 0.2) is 65.7 Å². The summed E-state index contributed by atoms with van der Waals surface area (Å²) in [7, 11) is 0. The SMILES string of the molecule is C=C1COc2cc(-c3nc(F)c(C4C5CC5c5nc(-c6cc(Cl)ccc6-n6cc(C(F)F)nn6)cc(=O)n54)[nH]3)ccc2N1. The number of imidazole rings is 1. The molecule has 10 nitrogen and oxygen atoms in total. The number of fused-ring (bicyclic) bond motifs is 4. The van der Waals surface area contributed by atoms with Gasteiger partial charge in [-0.3, -0.25) is 9.36 Å². The summed E-state index contributed by atoms with van der Waals surface area (Å²) in [5, 5.41) is 10.9. The number of alkyl halides is 2. The van der Waals surface area contributed by atoms with Crippen molar-refractivity contribution in [1.29, 1.82) is 0 Å². The van der Waals surface area contributed by atoms with Crippen LogP contribution in [0.3, 0.4) is 0 Å². The molecule has 14 heteroatoms. The third-order valence-corrected chi connectivity index (χ3v) is 8.24. The third-order valence-electron chi connectivity index (χ3n) is 8.00. The number of ether oxygens (including phenoxy) is 1. The predicted octanol–water partition coefficient (Wildman–Crippen LogP) is 5.64. The van der Waals surface area contributed by atoms with Gasteiger partial charge in [-0.1, -0.05) is 23.4 Å². The zero-order valence-electron chi connectivity index (χ0n) is 22.1. The number of nitrogens with zero attached hydrogens (tertiary/aromatic N) is 6. The van der Waals surface area contributed by atoms with Crippen molar-refractivity contribution in [3.8, 4) is 34.1 Å². The van der Waals surface area contributed by atoms with E-state index >= 15 is 4.39 Å². The lowest BCUT2D eigenvalue weighted by atomic mass is 10.1. The fraction of sp³-hybridized carbons (Fsp3) is 0.207. The maximum absolute atomic E-state index is 15.4. The Morgan fingerprint density at radius 2 is 2.00 bits per heavy atom. The molecule has 3 atom stereocenters. The van der Waals surface area contributed by atoms with Gasteiger partial charge in [0.1, 0.15) is 29.7 Å². The standard InChI is InChI=1S/C29H20ClF3N8O2/c1-12-11-43-22-6-13(2-4-18(22)34-12)28-36-24(27(33)37-28)25-15-8-16(15)29-35-19(9-23(42)41(25)29)17-7-14(30)3-5-21(17)40-10-20(26(31)32)38-39-40/h2-7,9-10,15-16,25-26,34H,1,8,11H2,(H,36,37). The van der Waals surface area contributed by atoms with Gasteiger partial charge in [-0.2, -0.15) is 4.39 Å². The maximum Gasteiger partial charge on any atom is 0.283 e. The first-order valence-electron chi connectivity index (χ1n) is 13.4. The van der Waals surface area contributed by atoms with E-state index in [4.69, 9.17) is 21.3 Å². The summed E-state index contributed by atoms with van der Waals surface area (Å²) in [5.41, 5.74) is 2.53. The predicted molar refractivity (Wildman–Crippen MR) is 150 cm³/mol. The number of rotatable bonds is 5. The Labute approximate surface area is 245 Å². The highest BCUT2D eigenvalue weighted by Gasteiger charge is 2.56. The van der Waals surface area contributed by atoms with Crippen LogP contribution in [0.1, 0.15) is 42.0 Å². The highest BCUT2D eigenvalue weighted by Crippen LogP contribution is 2.60. The lowest BCUT2D eigenvalue weighted by Gasteiger charge is -2.21. The fourth-order valence-corrected chi connectivity index (χ4v) is 6.14. The topological polar surface area (TPSA) is 116 Å². The molecule has 5 aromatic rings. The van der Waals surface area contributed by atoms with Crippen LogP contribution in [0.2, 0.25) is 5.02 Å². The Hall–Kier alpha value is -4.91. The Morgan fingerprint density at radius 3 is 2.81 bits per heavy atom. The second kappa shape index (κ2) is 9.30. The first-order valence-corrected chi connectivity index (χ1v) is 13.7. The van der Waals surface area contributed by atoms with Crippen molar-refractivity contribution in [2.75, 3.05) is 11.9 Å². The number of benzene rings is 2. The second-order valence-corrected chi connectivity index (χ2v) is 11.2. The van der Waals surface area contributed by atoms with Crippen LogP contribution < -0.4 is 15.6 Å². The average Bonchev–Trinajstić information content (AvgIpc) is 3.29. The van der Waals surface area contributed by atoms with E-state index in [1.165, 1.54) is 15.3 Å². The zero-order valence-corrected chi connectivity index (χ0v) is 22.8. The summed E-state index contributed by atoms with van der Waals surface area (Å²) < 4.78 is 50.2. The van der Waals surface area contributed by atoms with Gasteiger partial charge in [-0.25, -0.2) is 23.4 Å². The van der Waals surface area contributed by atoms with Crippen LogP contribution >= 0.6 is 11.6 Å². The molecule has 2 aromatic carbocycles. The van der Waals surface area contributed by atoms with E-state index in [1.54, 1.807) is 30.3 Å². The zero-order chi connectivity index (χ0) is 29.6. The lowest BCUT2D eigenvalue weighted by Crippen LogP contribution is -2.27. The Morgan fingerprint density at radius 1 is 1.14 bits per heavy atom. The number of hydrogen-bond acceptors (Lipinski definition) is 7. The van der Waals surface area contributed by atoms with Crippen LogP contribution in [-0.4, -0.2) is 41.1 Å². The number of halogens is 4. The van der Waals surface area contributed by atoms with E-state index in [9.17, 15) is 13.6 Å². The van der Waals surface area contributed by atoms with Crippen LogP contribution in [0.25, 0.3) is 28.3 Å². The molecule has 2 N–H and O–H groups in total. The van der Waals surface area contributed by atoms with Gasteiger partial charge < -0.3 is 15.0 Å². The molecule has 1 aliphatic carbocycles. The summed E-state index contributed by atoms with van der Waals surface area (Å²) in [6.45, 7) is 4.19. The molecule has 0 radical (unpaired) electrons. The van der Waals surface area contributed by atoms with E-state index in [0.717, 1.165) is 24.0 Å². The molecule has 1 saturated carbocycles. The minimum Gasteiger partial charge on any atom is -0.485 e. The van der Waals surface area contributed by atoms with Crippen molar-refractivity contribution in [2.45, 2.75) is 24.8 Å². The maximum atomic E-state index is 15.4. The van der Waals surface area contributed by atoms with Gasteiger partial charge in [0, 0.05) is 33.8 Å². The number of aromatic amines is 1. The van der Waals surface area contributed by atoms with Crippen molar-refractivity contribution >= 4 is 17.3 Å². The number of nitrogens with one attached hydrogen (secondary N) is 2. The second-order valence-electron chi connectivity index (χ2n) is 10.7. The normalized spacial score (nSPS) is 19.9. The van der Waals surface area contributed by atoms with Gasteiger partial charge >= 0.3 is 0 Å². The molecule has 3 aromatic heterocycles. The molecule has 5 heterocycles. The first-order chi connectivity index (χ1) is 20.7. The van der Waals surface area contributed by atoms with Gasteiger partial charge in [0.05, 0.1) is 35.0 Å². The van der Waals surface area contributed by atoms with E-state index < -0.39 is 24.1 Å². The lowest BCUT2D eigenvalue weighted by molar-refractivity contribution is 0.146. The molecule has 0 saturated heterocycles. The van der Waals surface area contributed by atoms with Crippen molar-refractivity contribution in [2.24, 2.45) is 5.92 Å². The molecule has 2 aliphatic heterocycles. The number of H-pyrrole nitrogens is 1. The molecule has 216 valence electrons. The van der Waals surface area contributed by atoms with Crippen LogP contribution in [0.4, 0.5) is 18.9 Å². The van der Waals surface area contributed by atoms with Crippen molar-refractivity contribution in [3.63, 3.8) is 0 Å². The monoisotopic (exact) mass is 604 g/mol. The Balaban J connectivity index is 1.18. The molecule has 8 rings (SSSR count). The first kappa shape index (κ1) is 25.8. The molecule has 0 spiro atoms. The number of aromatic nitrogens is 7. The molecule has 0 bridgehead atoms. The van der Waals surface area contributed by atoms with Crippen molar-refractivity contribution in [3.05, 3.63) is 99.5 Å². The van der Waals surface area contributed by atoms with Gasteiger partial charge in [-0.05, 0) is 48.7 Å². The van der Waals surface area contributed by atoms with E-state index in [2.05, 4.69) is 32.2 Å².